The molecule has 6 heteroatoms. The van der Waals surface area contributed by atoms with Gasteiger partial charge in [0.1, 0.15) is 5.82 Å². The fourth-order valence-electron chi connectivity index (χ4n) is 2.09. The van der Waals surface area contributed by atoms with Crippen LogP contribution in [0.15, 0.2) is 6.20 Å². The van der Waals surface area contributed by atoms with E-state index in [4.69, 9.17) is 10.8 Å². The van der Waals surface area contributed by atoms with Crippen LogP contribution in [0.2, 0.25) is 0 Å². The van der Waals surface area contributed by atoms with Gasteiger partial charge in [0.15, 0.2) is 0 Å². The number of aliphatic hydroxyl groups excluding tert-OH is 1. The highest BCUT2D eigenvalue weighted by Gasteiger charge is 2.19. The second-order valence-corrected chi connectivity index (χ2v) is 4.29. The van der Waals surface area contributed by atoms with Crippen LogP contribution < -0.4 is 10.6 Å². The van der Waals surface area contributed by atoms with Crippen molar-refractivity contribution in [2.45, 2.75) is 6.92 Å². The molecule has 0 atom stereocenters. The summed E-state index contributed by atoms with van der Waals surface area (Å²) < 4.78 is 0. The molecule has 6 nitrogen and oxygen atoms in total. The molecule has 1 aliphatic rings. The zero-order valence-corrected chi connectivity index (χ0v) is 10.1. The first-order chi connectivity index (χ1) is 8.20. The average Bonchev–Trinajstić information content (AvgIpc) is 2.34. The van der Waals surface area contributed by atoms with Crippen molar-refractivity contribution >= 4 is 11.8 Å². The van der Waals surface area contributed by atoms with Crippen molar-refractivity contribution in [1.29, 1.82) is 0 Å². The van der Waals surface area contributed by atoms with Crippen LogP contribution in [-0.2, 0) is 0 Å². The second kappa shape index (κ2) is 5.29. The van der Waals surface area contributed by atoms with Crippen LogP contribution in [0.1, 0.15) is 5.56 Å². The van der Waals surface area contributed by atoms with Gasteiger partial charge < -0.3 is 15.7 Å². The van der Waals surface area contributed by atoms with Gasteiger partial charge in [-0.2, -0.15) is 4.98 Å². The highest BCUT2D eigenvalue weighted by atomic mass is 16.3. The summed E-state index contributed by atoms with van der Waals surface area (Å²) in [6.07, 6.45) is 1.76. The molecule has 1 aromatic heterocycles. The van der Waals surface area contributed by atoms with Crippen molar-refractivity contribution in [1.82, 2.24) is 14.9 Å². The molecule has 0 saturated carbocycles. The van der Waals surface area contributed by atoms with Gasteiger partial charge in [0.2, 0.25) is 5.95 Å². The number of rotatable bonds is 3. The fraction of sp³-hybridized carbons (Fsp3) is 0.636. The Hall–Kier alpha value is -1.40. The van der Waals surface area contributed by atoms with E-state index in [2.05, 4.69) is 19.8 Å². The summed E-state index contributed by atoms with van der Waals surface area (Å²) in [5.41, 5.74) is 6.67. The van der Waals surface area contributed by atoms with Gasteiger partial charge in [0, 0.05) is 44.5 Å². The Bertz CT molecular complexity index is 376. The van der Waals surface area contributed by atoms with Gasteiger partial charge in [0.25, 0.3) is 0 Å². The predicted molar refractivity (Wildman–Crippen MR) is 66.9 cm³/mol. The first-order valence-corrected chi connectivity index (χ1v) is 5.88. The van der Waals surface area contributed by atoms with E-state index in [-0.39, 0.29) is 6.61 Å². The van der Waals surface area contributed by atoms with E-state index in [1.165, 1.54) is 0 Å². The van der Waals surface area contributed by atoms with Gasteiger partial charge in [-0.25, -0.2) is 4.98 Å². The lowest BCUT2D eigenvalue weighted by Gasteiger charge is -2.35. The topological polar surface area (TPSA) is 78.5 Å². The average molecular weight is 237 g/mol. The van der Waals surface area contributed by atoms with Crippen LogP contribution in [0, 0.1) is 6.92 Å². The molecule has 2 heterocycles. The summed E-state index contributed by atoms with van der Waals surface area (Å²) in [6, 6.07) is 0. The summed E-state index contributed by atoms with van der Waals surface area (Å²) >= 11 is 0. The highest BCUT2D eigenvalue weighted by Crippen LogP contribution is 2.18. The molecule has 0 amide bonds. The molecule has 0 unspecified atom stereocenters. The molecule has 0 bridgehead atoms. The van der Waals surface area contributed by atoms with E-state index in [1.807, 2.05) is 6.92 Å². The third-order valence-corrected chi connectivity index (χ3v) is 3.05. The maximum Gasteiger partial charge on any atom is 0.221 e. The molecule has 0 aliphatic carbocycles. The molecular formula is C11H19N5O. The lowest BCUT2D eigenvalue weighted by atomic mass is 10.2. The summed E-state index contributed by atoms with van der Waals surface area (Å²) in [7, 11) is 0. The van der Waals surface area contributed by atoms with Crippen molar-refractivity contribution in [3.63, 3.8) is 0 Å². The summed E-state index contributed by atoms with van der Waals surface area (Å²) in [4.78, 5) is 12.7. The van der Waals surface area contributed by atoms with Crippen LogP contribution in [-0.4, -0.2) is 59.3 Å². The minimum atomic E-state index is 0.222. The maximum absolute atomic E-state index is 8.89. The molecule has 1 aromatic rings. The smallest absolute Gasteiger partial charge is 0.221 e. The standard InChI is InChI=1S/C11H19N5O/c1-9-8-13-11(12)14-10(9)16-4-2-15(3-5-16)6-7-17/h8,17H,2-7H2,1H3,(H2,12,13,14). The minimum Gasteiger partial charge on any atom is -0.395 e. The Morgan fingerprint density at radius 3 is 2.71 bits per heavy atom. The van der Waals surface area contributed by atoms with Gasteiger partial charge in [-0.05, 0) is 6.92 Å². The van der Waals surface area contributed by atoms with E-state index in [0.29, 0.717) is 5.95 Å². The first-order valence-electron chi connectivity index (χ1n) is 5.88. The second-order valence-electron chi connectivity index (χ2n) is 4.29. The molecule has 0 spiro atoms. The minimum absolute atomic E-state index is 0.222. The number of anilines is 2. The molecule has 94 valence electrons. The SMILES string of the molecule is Cc1cnc(N)nc1N1CCN(CCO)CC1. The van der Waals surface area contributed by atoms with Crippen LogP contribution in [0.25, 0.3) is 0 Å². The number of hydrogen-bond donors (Lipinski definition) is 2. The number of aryl methyl sites for hydroxylation is 1. The van der Waals surface area contributed by atoms with Crippen molar-refractivity contribution in [3.05, 3.63) is 11.8 Å². The zero-order chi connectivity index (χ0) is 12.3. The summed E-state index contributed by atoms with van der Waals surface area (Å²) in [6.45, 7) is 6.69. The Kier molecular flexibility index (Phi) is 3.75. The third-order valence-electron chi connectivity index (χ3n) is 3.05. The zero-order valence-electron chi connectivity index (χ0n) is 10.1. The van der Waals surface area contributed by atoms with Crippen molar-refractivity contribution in [2.75, 3.05) is 50.0 Å². The van der Waals surface area contributed by atoms with Crippen LogP contribution in [0.5, 0.6) is 0 Å². The van der Waals surface area contributed by atoms with Crippen molar-refractivity contribution < 1.29 is 5.11 Å². The molecule has 0 radical (unpaired) electrons. The van der Waals surface area contributed by atoms with Crippen LogP contribution >= 0.6 is 0 Å². The molecule has 1 aliphatic heterocycles. The lowest BCUT2D eigenvalue weighted by Crippen LogP contribution is -2.47. The van der Waals surface area contributed by atoms with Crippen LogP contribution in [0.4, 0.5) is 11.8 Å². The Labute approximate surface area is 101 Å². The molecule has 1 saturated heterocycles. The van der Waals surface area contributed by atoms with E-state index >= 15 is 0 Å². The van der Waals surface area contributed by atoms with E-state index in [9.17, 15) is 0 Å². The molecule has 3 N–H and O–H groups in total. The fourth-order valence-corrected chi connectivity index (χ4v) is 2.09. The number of nitrogens with two attached hydrogens (primary N) is 1. The molecule has 17 heavy (non-hydrogen) atoms. The molecule has 1 fully saturated rings. The number of aliphatic hydroxyl groups is 1. The quantitative estimate of drug-likeness (QED) is 0.736. The van der Waals surface area contributed by atoms with E-state index in [1.54, 1.807) is 6.20 Å². The number of piperazine rings is 1. The number of β-amino-alcohol motifs (C(OH)–C–C–N with tert-alkyl or cyclic N) is 1. The van der Waals surface area contributed by atoms with Gasteiger partial charge in [-0.15, -0.1) is 0 Å². The number of aromatic nitrogens is 2. The van der Waals surface area contributed by atoms with Crippen LogP contribution in [0.3, 0.4) is 0 Å². The summed E-state index contributed by atoms with van der Waals surface area (Å²) in [5, 5.41) is 8.89. The van der Waals surface area contributed by atoms with Crippen molar-refractivity contribution in [3.8, 4) is 0 Å². The van der Waals surface area contributed by atoms with Gasteiger partial charge in [-0.3, -0.25) is 4.90 Å². The predicted octanol–water partition coefficient (Wildman–Crippen LogP) is -0.518. The van der Waals surface area contributed by atoms with Gasteiger partial charge in [-0.1, -0.05) is 0 Å². The van der Waals surface area contributed by atoms with Crippen molar-refractivity contribution in [2.24, 2.45) is 0 Å². The first kappa shape index (κ1) is 12.1. The number of nitrogens with zero attached hydrogens (tertiary/aromatic N) is 4. The summed E-state index contributed by atoms with van der Waals surface area (Å²) in [5.74, 6) is 1.25. The molecule has 0 aromatic carbocycles. The third kappa shape index (κ3) is 2.83. The lowest BCUT2D eigenvalue weighted by molar-refractivity contribution is 0.188. The van der Waals surface area contributed by atoms with Gasteiger partial charge in [0.05, 0.1) is 6.61 Å². The van der Waals surface area contributed by atoms with Gasteiger partial charge >= 0.3 is 0 Å². The molecular weight excluding hydrogens is 218 g/mol. The number of hydrogen-bond acceptors (Lipinski definition) is 6. The largest absolute Gasteiger partial charge is 0.395 e. The van der Waals surface area contributed by atoms with E-state index < -0.39 is 0 Å². The monoisotopic (exact) mass is 237 g/mol. The number of nitrogen functional groups attached to an aromatic ring is 1. The molecule has 2 rings (SSSR count). The normalized spacial score (nSPS) is 17.4. The highest BCUT2D eigenvalue weighted by molar-refractivity contribution is 5.48. The Balaban J connectivity index is 2.02. The van der Waals surface area contributed by atoms with E-state index in [0.717, 1.165) is 44.1 Å². The maximum atomic E-state index is 8.89. The Morgan fingerprint density at radius 1 is 1.35 bits per heavy atom. The Morgan fingerprint density at radius 2 is 2.06 bits per heavy atom.